The van der Waals surface area contributed by atoms with Crippen LogP contribution in [0.2, 0.25) is 0 Å². The molecule has 0 aliphatic rings. The summed E-state index contributed by atoms with van der Waals surface area (Å²) in [6.45, 7) is -0.289. The largest absolute Gasteiger partial charge is 0.392 e. The van der Waals surface area contributed by atoms with Crippen LogP contribution in [-0.4, -0.2) is 13.5 Å². The van der Waals surface area contributed by atoms with Gasteiger partial charge in [-0.05, 0) is 39.0 Å². The standard InChI is InChI=1S/C11H8BrF2NO3S2/c12-7-2-10(9(14)3-8(7)13)15-20(17,18)11-1-6(4-16)5-19-11/h1-3,5,15-16H,4H2. The lowest BCUT2D eigenvalue weighted by molar-refractivity contribution is 0.282. The molecule has 0 atom stereocenters. The second-order valence-corrected chi connectivity index (χ2v) is 7.46. The Balaban J connectivity index is 2.35. The van der Waals surface area contributed by atoms with Gasteiger partial charge >= 0.3 is 0 Å². The molecule has 0 saturated heterocycles. The first kappa shape index (κ1) is 15.4. The van der Waals surface area contributed by atoms with Crippen LogP contribution in [0, 0.1) is 11.6 Å². The van der Waals surface area contributed by atoms with Crippen LogP contribution in [-0.2, 0) is 16.6 Å². The first-order valence-corrected chi connectivity index (χ1v) is 8.34. The van der Waals surface area contributed by atoms with E-state index in [4.69, 9.17) is 5.11 Å². The zero-order valence-electron chi connectivity index (χ0n) is 9.73. The van der Waals surface area contributed by atoms with Crippen LogP contribution >= 0.6 is 27.3 Å². The summed E-state index contributed by atoms with van der Waals surface area (Å²) in [6.07, 6.45) is 0. The third-order valence-electron chi connectivity index (χ3n) is 2.33. The van der Waals surface area contributed by atoms with E-state index in [0.29, 0.717) is 11.6 Å². The molecule has 0 spiro atoms. The van der Waals surface area contributed by atoms with Crippen molar-refractivity contribution in [3.63, 3.8) is 0 Å². The molecule has 20 heavy (non-hydrogen) atoms. The molecule has 0 unspecified atom stereocenters. The topological polar surface area (TPSA) is 66.4 Å². The smallest absolute Gasteiger partial charge is 0.271 e. The number of halogens is 3. The lowest BCUT2D eigenvalue weighted by Crippen LogP contribution is -2.13. The van der Waals surface area contributed by atoms with Crippen LogP contribution in [0.15, 0.2) is 32.3 Å². The number of benzene rings is 1. The fourth-order valence-corrected chi connectivity index (χ4v) is 3.97. The molecule has 108 valence electrons. The Morgan fingerprint density at radius 2 is 1.95 bits per heavy atom. The Hall–Kier alpha value is -1.03. The van der Waals surface area contributed by atoms with Crippen LogP contribution in [0.25, 0.3) is 0 Å². The average molecular weight is 384 g/mol. The molecule has 1 aromatic heterocycles. The predicted octanol–water partition coefficient (Wildman–Crippen LogP) is 3.08. The zero-order chi connectivity index (χ0) is 14.9. The summed E-state index contributed by atoms with van der Waals surface area (Å²) in [5.41, 5.74) is 0.0772. The van der Waals surface area contributed by atoms with Gasteiger partial charge < -0.3 is 5.11 Å². The molecule has 0 aliphatic carbocycles. The maximum absolute atomic E-state index is 13.5. The van der Waals surface area contributed by atoms with Gasteiger partial charge in [-0.1, -0.05) is 0 Å². The highest BCUT2D eigenvalue weighted by Crippen LogP contribution is 2.27. The minimum Gasteiger partial charge on any atom is -0.392 e. The van der Waals surface area contributed by atoms with Crippen molar-refractivity contribution in [3.05, 3.63) is 45.2 Å². The third-order valence-corrected chi connectivity index (χ3v) is 5.79. The van der Waals surface area contributed by atoms with Gasteiger partial charge in [-0.15, -0.1) is 11.3 Å². The molecule has 2 rings (SSSR count). The molecule has 1 heterocycles. The second-order valence-electron chi connectivity index (χ2n) is 3.78. The molecular weight excluding hydrogens is 376 g/mol. The fraction of sp³-hybridized carbons (Fsp3) is 0.0909. The van der Waals surface area contributed by atoms with E-state index in [0.717, 1.165) is 17.4 Å². The number of hydrogen-bond donors (Lipinski definition) is 2. The van der Waals surface area contributed by atoms with Gasteiger partial charge in [-0.2, -0.15) is 0 Å². The molecule has 2 aromatic rings. The van der Waals surface area contributed by atoms with Crippen LogP contribution in [0.5, 0.6) is 0 Å². The van der Waals surface area contributed by atoms with Crippen molar-refractivity contribution in [1.29, 1.82) is 0 Å². The van der Waals surface area contributed by atoms with Crippen LogP contribution in [0.4, 0.5) is 14.5 Å². The highest BCUT2D eigenvalue weighted by atomic mass is 79.9. The van der Waals surface area contributed by atoms with Gasteiger partial charge in [0.15, 0.2) is 0 Å². The summed E-state index contributed by atoms with van der Waals surface area (Å²) in [5.74, 6) is -1.85. The van der Waals surface area contributed by atoms with E-state index in [-0.39, 0.29) is 21.0 Å². The number of rotatable bonds is 4. The summed E-state index contributed by atoms with van der Waals surface area (Å²) in [6, 6.07) is 2.86. The van der Waals surface area contributed by atoms with Gasteiger partial charge in [0.1, 0.15) is 15.8 Å². The van der Waals surface area contributed by atoms with Crippen molar-refractivity contribution in [2.24, 2.45) is 0 Å². The Labute approximate surface area is 126 Å². The van der Waals surface area contributed by atoms with Crippen molar-refractivity contribution >= 4 is 43.0 Å². The van der Waals surface area contributed by atoms with Gasteiger partial charge in [0.05, 0.1) is 16.8 Å². The zero-order valence-corrected chi connectivity index (χ0v) is 12.9. The highest BCUT2D eigenvalue weighted by molar-refractivity contribution is 9.10. The van der Waals surface area contributed by atoms with Crippen molar-refractivity contribution in [1.82, 2.24) is 0 Å². The summed E-state index contributed by atoms with van der Waals surface area (Å²) >= 11 is 3.75. The second kappa shape index (κ2) is 5.76. The number of nitrogens with one attached hydrogen (secondary N) is 1. The predicted molar refractivity (Wildman–Crippen MR) is 75.1 cm³/mol. The Kier molecular flexibility index (Phi) is 4.43. The van der Waals surface area contributed by atoms with Crippen LogP contribution in [0.3, 0.4) is 0 Å². The molecular formula is C11H8BrF2NO3S2. The summed E-state index contributed by atoms with van der Waals surface area (Å²) in [5, 5.41) is 10.4. The Morgan fingerprint density at radius 3 is 2.55 bits per heavy atom. The molecule has 4 nitrogen and oxygen atoms in total. The molecule has 0 amide bonds. The number of anilines is 1. The Bertz CT molecular complexity index is 746. The van der Waals surface area contributed by atoms with Gasteiger partial charge in [0.2, 0.25) is 0 Å². The number of sulfonamides is 1. The minimum absolute atomic E-state index is 0.0566. The summed E-state index contributed by atoms with van der Waals surface area (Å²) in [4.78, 5) is 0. The van der Waals surface area contributed by atoms with Crippen LogP contribution in [0.1, 0.15) is 5.56 Å². The molecule has 2 N–H and O–H groups in total. The fourth-order valence-electron chi connectivity index (χ4n) is 1.37. The van der Waals surface area contributed by atoms with Crippen molar-refractivity contribution in [3.8, 4) is 0 Å². The maximum atomic E-state index is 13.5. The lowest BCUT2D eigenvalue weighted by atomic mass is 10.3. The van der Waals surface area contributed by atoms with E-state index in [1.165, 1.54) is 11.4 Å². The SMILES string of the molecule is O=S(=O)(Nc1cc(Br)c(F)cc1F)c1cc(CO)cs1. The monoisotopic (exact) mass is 383 g/mol. The van der Waals surface area contributed by atoms with E-state index in [1.807, 2.05) is 4.72 Å². The summed E-state index contributed by atoms with van der Waals surface area (Å²) < 4.78 is 52.6. The van der Waals surface area contributed by atoms with E-state index in [2.05, 4.69) is 15.9 Å². The van der Waals surface area contributed by atoms with Gasteiger partial charge in [-0.25, -0.2) is 17.2 Å². The molecule has 0 bridgehead atoms. The molecule has 0 aliphatic heterocycles. The lowest BCUT2D eigenvalue weighted by Gasteiger charge is -2.08. The highest BCUT2D eigenvalue weighted by Gasteiger charge is 2.19. The molecule has 1 aromatic carbocycles. The van der Waals surface area contributed by atoms with E-state index in [1.54, 1.807) is 0 Å². The minimum atomic E-state index is -3.98. The Morgan fingerprint density at radius 1 is 1.25 bits per heavy atom. The van der Waals surface area contributed by atoms with Crippen LogP contribution < -0.4 is 4.72 Å². The molecule has 0 radical (unpaired) electrons. The maximum Gasteiger partial charge on any atom is 0.271 e. The number of aliphatic hydroxyl groups excluding tert-OH is 1. The molecule has 0 saturated carbocycles. The van der Waals surface area contributed by atoms with E-state index >= 15 is 0 Å². The first-order valence-electron chi connectivity index (χ1n) is 5.19. The van der Waals surface area contributed by atoms with Gasteiger partial charge in [-0.3, -0.25) is 4.72 Å². The first-order chi connectivity index (χ1) is 9.33. The number of aliphatic hydroxyl groups is 1. The quantitative estimate of drug-likeness (QED) is 0.797. The van der Waals surface area contributed by atoms with Crippen molar-refractivity contribution < 1.29 is 22.3 Å². The molecule has 9 heteroatoms. The van der Waals surface area contributed by atoms with Gasteiger partial charge in [0, 0.05) is 6.07 Å². The van der Waals surface area contributed by atoms with E-state index < -0.39 is 21.7 Å². The third kappa shape index (κ3) is 3.17. The van der Waals surface area contributed by atoms with Gasteiger partial charge in [0.25, 0.3) is 10.0 Å². The normalized spacial score (nSPS) is 11.6. The molecule has 0 fully saturated rings. The van der Waals surface area contributed by atoms with Crippen molar-refractivity contribution in [2.75, 3.05) is 4.72 Å². The number of hydrogen-bond acceptors (Lipinski definition) is 4. The average Bonchev–Trinajstić information content (AvgIpc) is 2.85. The number of thiophene rings is 1. The summed E-state index contributed by atoms with van der Waals surface area (Å²) in [7, 11) is -3.98. The van der Waals surface area contributed by atoms with E-state index in [9.17, 15) is 17.2 Å². The van der Waals surface area contributed by atoms with Crippen molar-refractivity contribution in [2.45, 2.75) is 10.8 Å².